The Balaban J connectivity index is 2.03. The van der Waals surface area contributed by atoms with Crippen molar-refractivity contribution in [1.29, 1.82) is 0 Å². The number of benzene rings is 1. The molecule has 17 heavy (non-hydrogen) atoms. The van der Waals surface area contributed by atoms with E-state index in [1.165, 1.54) is 16.1 Å². The second-order valence-corrected chi connectivity index (χ2v) is 5.91. The monoisotopic (exact) mass is 309 g/mol. The van der Waals surface area contributed by atoms with E-state index in [1.807, 2.05) is 11.6 Å². The van der Waals surface area contributed by atoms with Gasteiger partial charge in [-0.2, -0.15) is 0 Å². The third kappa shape index (κ3) is 3.65. The minimum atomic E-state index is 0.627. The fourth-order valence-corrected chi connectivity index (χ4v) is 3.12. The van der Waals surface area contributed by atoms with E-state index in [4.69, 9.17) is 0 Å². The molecule has 0 N–H and O–H groups in total. The Morgan fingerprint density at radius 1 is 1.29 bits per heavy atom. The zero-order valence-electron chi connectivity index (χ0n) is 9.90. The summed E-state index contributed by atoms with van der Waals surface area (Å²) in [5, 5.41) is 4.32. The Morgan fingerprint density at radius 3 is 2.76 bits per heavy atom. The van der Waals surface area contributed by atoms with Crippen LogP contribution in [0, 0.1) is 12.8 Å². The summed E-state index contributed by atoms with van der Waals surface area (Å²) in [6.07, 6.45) is 4.08. The van der Waals surface area contributed by atoms with Crippen LogP contribution in [-0.4, -0.2) is 10.3 Å². The van der Waals surface area contributed by atoms with Gasteiger partial charge in [0.2, 0.25) is 0 Å². The molecular weight excluding hydrogens is 294 g/mol. The molecule has 0 amide bonds. The van der Waals surface area contributed by atoms with Gasteiger partial charge in [0.1, 0.15) is 0 Å². The number of aromatic nitrogens is 1. The van der Waals surface area contributed by atoms with Crippen molar-refractivity contribution in [1.82, 2.24) is 4.98 Å². The standard InChI is InChI=1S/C14H16BrNS/c1-11-4-2-3-5-13(11)8-12(10-15)9-14-16-6-7-17-14/h2-7,12H,8-10H2,1H3. The van der Waals surface area contributed by atoms with Crippen LogP contribution in [0.1, 0.15) is 16.1 Å². The molecule has 0 saturated carbocycles. The largest absolute Gasteiger partial charge is 0.250 e. The lowest BCUT2D eigenvalue weighted by molar-refractivity contribution is 0.587. The fourth-order valence-electron chi connectivity index (χ4n) is 1.93. The zero-order chi connectivity index (χ0) is 12.1. The second kappa shape index (κ2) is 6.31. The Morgan fingerprint density at radius 2 is 2.12 bits per heavy atom. The smallest absolute Gasteiger partial charge is 0.0927 e. The number of nitrogens with zero attached hydrogens (tertiary/aromatic N) is 1. The molecule has 0 aliphatic carbocycles. The van der Waals surface area contributed by atoms with Crippen LogP contribution in [0.25, 0.3) is 0 Å². The molecule has 0 aliphatic heterocycles. The highest BCUT2D eigenvalue weighted by atomic mass is 79.9. The lowest BCUT2D eigenvalue weighted by atomic mass is 9.95. The highest BCUT2D eigenvalue weighted by Crippen LogP contribution is 2.20. The summed E-state index contributed by atoms with van der Waals surface area (Å²) >= 11 is 5.37. The number of alkyl halides is 1. The van der Waals surface area contributed by atoms with Crippen LogP contribution in [0.5, 0.6) is 0 Å². The first-order valence-corrected chi connectivity index (χ1v) is 7.78. The lowest BCUT2D eigenvalue weighted by Crippen LogP contribution is -2.10. The molecule has 0 radical (unpaired) electrons. The molecule has 1 heterocycles. The number of thiazole rings is 1. The van der Waals surface area contributed by atoms with Gasteiger partial charge in [-0.05, 0) is 30.4 Å². The van der Waals surface area contributed by atoms with Crippen LogP contribution in [0.2, 0.25) is 0 Å². The van der Waals surface area contributed by atoms with Crippen molar-refractivity contribution in [3.8, 4) is 0 Å². The molecule has 3 heteroatoms. The molecule has 0 aliphatic rings. The number of hydrogen-bond acceptors (Lipinski definition) is 2. The van der Waals surface area contributed by atoms with Crippen LogP contribution < -0.4 is 0 Å². The first-order valence-electron chi connectivity index (χ1n) is 5.78. The van der Waals surface area contributed by atoms with Gasteiger partial charge in [0.05, 0.1) is 5.01 Å². The highest BCUT2D eigenvalue weighted by molar-refractivity contribution is 9.09. The number of hydrogen-bond donors (Lipinski definition) is 0. The predicted molar refractivity (Wildman–Crippen MR) is 78.0 cm³/mol. The van der Waals surface area contributed by atoms with E-state index in [0.717, 1.165) is 18.2 Å². The molecule has 0 saturated heterocycles. The zero-order valence-corrected chi connectivity index (χ0v) is 12.3. The molecule has 0 bridgehead atoms. The number of rotatable bonds is 5. The minimum Gasteiger partial charge on any atom is -0.250 e. The van der Waals surface area contributed by atoms with Crippen molar-refractivity contribution in [3.05, 3.63) is 52.0 Å². The molecule has 1 unspecified atom stereocenters. The van der Waals surface area contributed by atoms with E-state index in [9.17, 15) is 0 Å². The molecule has 2 rings (SSSR count). The molecular formula is C14H16BrNS. The first-order chi connectivity index (χ1) is 8.29. The third-order valence-electron chi connectivity index (χ3n) is 2.93. The summed E-state index contributed by atoms with van der Waals surface area (Å²) in [6.45, 7) is 2.18. The SMILES string of the molecule is Cc1ccccc1CC(CBr)Cc1nccs1. The maximum atomic E-state index is 4.37. The Bertz CT molecular complexity index is 453. The molecule has 90 valence electrons. The summed E-state index contributed by atoms with van der Waals surface area (Å²) in [7, 11) is 0. The van der Waals surface area contributed by atoms with Gasteiger partial charge in [-0.25, -0.2) is 4.98 Å². The maximum Gasteiger partial charge on any atom is 0.0927 e. The maximum absolute atomic E-state index is 4.37. The van der Waals surface area contributed by atoms with Crippen LogP contribution in [0.3, 0.4) is 0 Å². The van der Waals surface area contributed by atoms with Crippen LogP contribution in [0.4, 0.5) is 0 Å². The topological polar surface area (TPSA) is 12.9 Å². The molecule has 2 aromatic rings. The van der Waals surface area contributed by atoms with E-state index in [1.54, 1.807) is 11.3 Å². The molecule has 1 aromatic carbocycles. The Hall–Kier alpha value is -0.670. The van der Waals surface area contributed by atoms with Crippen molar-refractivity contribution in [3.63, 3.8) is 0 Å². The molecule has 1 atom stereocenters. The van der Waals surface area contributed by atoms with Gasteiger partial charge in [0.15, 0.2) is 0 Å². The predicted octanol–water partition coefficient (Wildman–Crippen LogP) is 4.25. The van der Waals surface area contributed by atoms with Gasteiger partial charge in [0.25, 0.3) is 0 Å². The average Bonchev–Trinajstić information content (AvgIpc) is 2.84. The van der Waals surface area contributed by atoms with Crippen molar-refractivity contribution < 1.29 is 0 Å². The average molecular weight is 310 g/mol. The van der Waals surface area contributed by atoms with Crippen molar-refractivity contribution >= 4 is 27.3 Å². The Kier molecular flexibility index (Phi) is 4.75. The van der Waals surface area contributed by atoms with Gasteiger partial charge in [0, 0.05) is 23.3 Å². The van der Waals surface area contributed by atoms with Crippen molar-refractivity contribution in [2.75, 3.05) is 5.33 Å². The van der Waals surface area contributed by atoms with E-state index in [0.29, 0.717) is 5.92 Å². The van der Waals surface area contributed by atoms with E-state index >= 15 is 0 Å². The Labute approximate surface area is 115 Å². The van der Waals surface area contributed by atoms with Gasteiger partial charge < -0.3 is 0 Å². The van der Waals surface area contributed by atoms with E-state index in [-0.39, 0.29) is 0 Å². The summed E-state index contributed by atoms with van der Waals surface area (Å²) in [4.78, 5) is 4.37. The van der Waals surface area contributed by atoms with Crippen LogP contribution in [0.15, 0.2) is 35.8 Å². The van der Waals surface area contributed by atoms with E-state index in [2.05, 4.69) is 52.1 Å². The molecule has 1 aromatic heterocycles. The summed E-state index contributed by atoms with van der Waals surface area (Å²) < 4.78 is 0. The fraction of sp³-hybridized carbons (Fsp3) is 0.357. The quantitative estimate of drug-likeness (QED) is 0.753. The van der Waals surface area contributed by atoms with Gasteiger partial charge in [-0.3, -0.25) is 0 Å². The van der Waals surface area contributed by atoms with Crippen LogP contribution >= 0.6 is 27.3 Å². The van der Waals surface area contributed by atoms with Crippen LogP contribution in [-0.2, 0) is 12.8 Å². The summed E-state index contributed by atoms with van der Waals surface area (Å²) in [6, 6.07) is 8.64. The molecule has 0 spiro atoms. The lowest BCUT2D eigenvalue weighted by Gasteiger charge is -2.14. The van der Waals surface area contributed by atoms with Gasteiger partial charge in [-0.15, -0.1) is 11.3 Å². The van der Waals surface area contributed by atoms with Gasteiger partial charge >= 0.3 is 0 Å². The third-order valence-corrected chi connectivity index (χ3v) is 4.65. The highest BCUT2D eigenvalue weighted by Gasteiger charge is 2.12. The molecule has 0 fully saturated rings. The minimum absolute atomic E-state index is 0.627. The van der Waals surface area contributed by atoms with Crippen molar-refractivity contribution in [2.45, 2.75) is 19.8 Å². The normalized spacial score (nSPS) is 12.6. The van der Waals surface area contributed by atoms with E-state index < -0.39 is 0 Å². The van der Waals surface area contributed by atoms with Crippen molar-refractivity contribution in [2.24, 2.45) is 5.92 Å². The number of aryl methyl sites for hydroxylation is 1. The summed E-state index contributed by atoms with van der Waals surface area (Å²) in [5.41, 5.74) is 2.84. The second-order valence-electron chi connectivity index (χ2n) is 4.28. The molecule has 1 nitrogen and oxygen atoms in total. The number of halogens is 1. The summed E-state index contributed by atoms with van der Waals surface area (Å²) in [5.74, 6) is 0.627. The van der Waals surface area contributed by atoms with Gasteiger partial charge in [-0.1, -0.05) is 40.2 Å². The first kappa shape index (κ1) is 12.8.